The number of benzene rings is 2. The number of nitrogens with zero attached hydrogens (tertiary/aromatic N) is 3. The lowest BCUT2D eigenvalue weighted by Crippen LogP contribution is -2.48. The highest BCUT2D eigenvalue weighted by Gasteiger charge is 2.25. The van der Waals surface area contributed by atoms with Crippen LogP contribution in [0.25, 0.3) is 11.3 Å². The van der Waals surface area contributed by atoms with E-state index in [-0.39, 0.29) is 5.91 Å². The molecule has 3 aromatic rings. The van der Waals surface area contributed by atoms with Gasteiger partial charge in [-0.2, -0.15) is 0 Å². The highest BCUT2D eigenvalue weighted by molar-refractivity contribution is 5.93. The van der Waals surface area contributed by atoms with Gasteiger partial charge in [0, 0.05) is 44.4 Å². The van der Waals surface area contributed by atoms with Crippen molar-refractivity contribution in [3.8, 4) is 22.8 Å². The van der Waals surface area contributed by atoms with E-state index >= 15 is 0 Å². The summed E-state index contributed by atoms with van der Waals surface area (Å²) in [5.74, 6) is 1.84. The van der Waals surface area contributed by atoms with E-state index in [4.69, 9.17) is 14.0 Å². The molecule has 2 aliphatic rings. The molecule has 0 spiro atoms. The van der Waals surface area contributed by atoms with E-state index in [1.54, 1.807) is 6.07 Å². The molecule has 0 saturated carbocycles. The Bertz CT molecular complexity index is 1030. The van der Waals surface area contributed by atoms with Gasteiger partial charge in [0.2, 0.25) is 0 Å². The van der Waals surface area contributed by atoms with Crippen LogP contribution in [0.2, 0.25) is 0 Å². The minimum absolute atomic E-state index is 0.0955. The lowest BCUT2D eigenvalue weighted by molar-refractivity contribution is 0.0618. The molecule has 0 radical (unpaired) electrons. The van der Waals surface area contributed by atoms with E-state index in [0.717, 1.165) is 25.2 Å². The monoisotopic (exact) mass is 405 g/mol. The summed E-state index contributed by atoms with van der Waals surface area (Å²) in [7, 11) is 0. The first-order valence-corrected chi connectivity index (χ1v) is 10.2. The number of ether oxygens (including phenoxy) is 2. The van der Waals surface area contributed by atoms with E-state index < -0.39 is 0 Å². The van der Waals surface area contributed by atoms with Crippen LogP contribution in [-0.2, 0) is 6.54 Å². The van der Waals surface area contributed by atoms with Crippen molar-refractivity contribution >= 4 is 5.91 Å². The molecule has 1 fully saturated rings. The van der Waals surface area contributed by atoms with E-state index in [2.05, 4.69) is 34.3 Å². The van der Waals surface area contributed by atoms with Crippen molar-refractivity contribution in [3.63, 3.8) is 0 Å². The minimum Gasteiger partial charge on any atom is -0.486 e. The van der Waals surface area contributed by atoms with Gasteiger partial charge >= 0.3 is 0 Å². The maximum absolute atomic E-state index is 12.9. The molecule has 7 nitrogen and oxygen atoms in total. The van der Waals surface area contributed by atoms with E-state index in [9.17, 15) is 4.79 Å². The number of amides is 1. The van der Waals surface area contributed by atoms with Gasteiger partial charge < -0.3 is 18.9 Å². The molecule has 7 heteroatoms. The molecule has 1 amide bonds. The predicted octanol–water partition coefficient (Wildman–Crippen LogP) is 3.07. The van der Waals surface area contributed by atoms with Crippen LogP contribution >= 0.6 is 0 Å². The van der Waals surface area contributed by atoms with Crippen LogP contribution < -0.4 is 9.47 Å². The van der Waals surface area contributed by atoms with Crippen LogP contribution in [0.3, 0.4) is 0 Å². The number of aromatic nitrogens is 1. The summed E-state index contributed by atoms with van der Waals surface area (Å²) in [5.41, 5.74) is 2.42. The molecule has 5 rings (SSSR count). The SMILES string of the molecule is O=C(c1cc(-c2ccc3c(c2)OCCO3)on1)N1CCN(Cc2ccccc2)CC1. The van der Waals surface area contributed by atoms with Gasteiger partial charge in [0.1, 0.15) is 13.2 Å². The second-order valence-corrected chi connectivity index (χ2v) is 7.49. The summed E-state index contributed by atoms with van der Waals surface area (Å²) in [6.45, 7) is 5.01. The number of hydrogen-bond donors (Lipinski definition) is 0. The molecule has 0 atom stereocenters. The molecule has 1 saturated heterocycles. The maximum atomic E-state index is 12.9. The second-order valence-electron chi connectivity index (χ2n) is 7.49. The first-order chi connectivity index (χ1) is 14.8. The number of carbonyl (C=O) groups is 1. The third kappa shape index (κ3) is 3.89. The smallest absolute Gasteiger partial charge is 0.276 e. The van der Waals surface area contributed by atoms with Crippen LogP contribution in [0.1, 0.15) is 16.1 Å². The number of carbonyl (C=O) groups excluding carboxylic acids is 1. The molecular formula is C23H23N3O4. The molecule has 30 heavy (non-hydrogen) atoms. The molecule has 2 aromatic carbocycles. The summed E-state index contributed by atoms with van der Waals surface area (Å²) >= 11 is 0. The normalized spacial score (nSPS) is 16.5. The first-order valence-electron chi connectivity index (χ1n) is 10.2. The third-order valence-corrected chi connectivity index (χ3v) is 5.46. The van der Waals surface area contributed by atoms with E-state index in [1.165, 1.54) is 5.56 Å². The lowest BCUT2D eigenvalue weighted by Gasteiger charge is -2.34. The van der Waals surface area contributed by atoms with Crippen molar-refractivity contribution < 1.29 is 18.8 Å². The van der Waals surface area contributed by atoms with Crippen molar-refractivity contribution in [1.29, 1.82) is 0 Å². The summed E-state index contributed by atoms with van der Waals surface area (Å²) in [5, 5.41) is 4.01. The van der Waals surface area contributed by atoms with E-state index in [0.29, 0.717) is 49.3 Å². The Kier molecular flexibility index (Phi) is 5.11. The summed E-state index contributed by atoms with van der Waals surface area (Å²) < 4.78 is 16.6. The quantitative estimate of drug-likeness (QED) is 0.665. The zero-order valence-electron chi connectivity index (χ0n) is 16.6. The molecule has 154 valence electrons. The fraction of sp³-hybridized carbons (Fsp3) is 0.304. The molecule has 2 aliphatic heterocycles. The van der Waals surface area contributed by atoms with Crippen molar-refractivity contribution in [3.05, 3.63) is 65.9 Å². The van der Waals surface area contributed by atoms with Crippen molar-refractivity contribution in [1.82, 2.24) is 15.0 Å². The maximum Gasteiger partial charge on any atom is 0.276 e. The Morgan fingerprint density at radius 1 is 0.900 bits per heavy atom. The van der Waals surface area contributed by atoms with E-state index in [1.807, 2.05) is 29.2 Å². The molecule has 1 aromatic heterocycles. The molecule has 0 N–H and O–H groups in total. The zero-order chi connectivity index (χ0) is 20.3. The largest absolute Gasteiger partial charge is 0.486 e. The topological polar surface area (TPSA) is 68.0 Å². The van der Waals surface area contributed by atoms with Crippen LogP contribution in [0.4, 0.5) is 0 Å². The molecule has 0 aliphatic carbocycles. The number of hydrogen-bond acceptors (Lipinski definition) is 6. The highest BCUT2D eigenvalue weighted by atomic mass is 16.6. The van der Waals surface area contributed by atoms with Crippen LogP contribution in [-0.4, -0.2) is 60.3 Å². The molecule has 0 bridgehead atoms. The Hall–Kier alpha value is -3.32. The van der Waals surface area contributed by atoms with Gasteiger partial charge in [-0.15, -0.1) is 0 Å². The van der Waals surface area contributed by atoms with Gasteiger partial charge in [-0.1, -0.05) is 35.5 Å². The summed E-state index contributed by atoms with van der Waals surface area (Å²) in [4.78, 5) is 17.1. The molecular weight excluding hydrogens is 382 g/mol. The molecule has 0 unspecified atom stereocenters. The minimum atomic E-state index is -0.0955. The van der Waals surface area contributed by atoms with Gasteiger partial charge in [-0.05, 0) is 23.8 Å². The lowest BCUT2D eigenvalue weighted by atomic mass is 10.1. The van der Waals surface area contributed by atoms with Crippen LogP contribution in [0.15, 0.2) is 59.1 Å². The average Bonchev–Trinajstić information content (AvgIpc) is 3.30. The van der Waals surface area contributed by atoms with Crippen molar-refractivity contribution in [2.45, 2.75) is 6.54 Å². The van der Waals surface area contributed by atoms with Gasteiger partial charge in [0.25, 0.3) is 5.91 Å². The first kappa shape index (κ1) is 18.7. The van der Waals surface area contributed by atoms with Crippen LogP contribution in [0.5, 0.6) is 11.5 Å². The Morgan fingerprint density at radius 2 is 1.67 bits per heavy atom. The third-order valence-electron chi connectivity index (χ3n) is 5.46. The highest BCUT2D eigenvalue weighted by Crippen LogP contribution is 2.34. The Labute approximate surface area is 174 Å². The number of piperazine rings is 1. The van der Waals surface area contributed by atoms with Gasteiger partial charge in [0.05, 0.1) is 0 Å². The fourth-order valence-corrected chi connectivity index (χ4v) is 3.82. The Balaban J connectivity index is 1.22. The predicted molar refractivity (Wildman–Crippen MR) is 111 cm³/mol. The Morgan fingerprint density at radius 3 is 2.47 bits per heavy atom. The van der Waals surface area contributed by atoms with Gasteiger partial charge in [-0.3, -0.25) is 9.69 Å². The van der Waals surface area contributed by atoms with Gasteiger partial charge in [0.15, 0.2) is 23.0 Å². The standard InChI is InChI=1S/C23H23N3O4/c27-23(26-10-8-25(9-11-26)16-17-4-2-1-3-5-17)19-15-21(30-24-19)18-6-7-20-22(14-18)29-13-12-28-20/h1-7,14-15H,8-13,16H2. The second kappa shape index (κ2) is 8.20. The summed E-state index contributed by atoms with van der Waals surface area (Å²) in [6.07, 6.45) is 0. The number of rotatable bonds is 4. The molecule has 3 heterocycles. The van der Waals surface area contributed by atoms with Crippen molar-refractivity contribution in [2.24, 2.45) is 0 Å². The zero-order valence-corrected chi connectivity index (χ0v) is 16.6. The summed E-state index contributed by atoms with van der Waals surface area (Å²) in [6, 6.07) is 17.7. The average molecular weight is 405 g/mol. The van der Waals surface area contributed by atoms with Crippen molar-refractivity contribution in [2.75, 3.05) is 39.4 Å². The van der Waals surface area contributed by atoms with Gasteiger partial charge in [-0.25, -0.2) is 0 Å². The van der Waals surface area contributed by atoms with Crippen LogP contribution in [0, 0.1) is 0 Å². The number of fused-ring (bicyclic) bond motifs is 1. The fourth-order valence-electron chi connectivity index (χ4n) is 3.82.